The highest BCUT2D eigenvalue weighted by molar-refractivity contribution is 7.82. The highest BCUT2D eigenvalue weighted by Crippen LogP contribution is 2.39. The third kappa shape index (κ3) is 6.76. The molecular weight excluding hydrogens is 444 g/mol. The third-order valence-corrected chi connectivity index (χ3v) is 8.33. The number of benzene rings is 1. The lowest BCUT2D eigenvalue weighted by molar-refractivity contribution is 0.125. The quantitative estimate of drug-likeness (QED) is 0.584. The summed E-state index contributed by atoms with van der Waals surface area (Å²) in [5.41, 5.74) is 12.3. The first-order valence-corrected chi connectivity index (χ1v) is 13.3. The molecule has 4 rings (SSSR count). The number of nitrogens with two attached hydrogens (primary N) is 2. The van der Waals surface area contributed by atoms with Crippen LogP contribution >= 0.6 is 11.3 Å². The number of carbonyl (C=O) groups excluding carboxylic acids is 1. The number of aromatic nitrogens is 1. The van der Waals surface area contributed by atoms with E-state index in [0.717, 1.165) is 41.3 Å². The van der Waals surface area contributed by atoms with E-state index in [0.29, 0.717) is 11.6 Å². The number of primary amides is 1. The van der Waals surface area contributed by atoms with Crippen LogP contribution in [0.25, 0.3) is 10.4 Å². The first-order valence-electron chi connectivity index (χ1n) is 11.3. The molecule has 2 heterocycles. The molecule has 1 atom stereocenters. The van der Waals surface area contributed by atoms with E-state index in [9.17, 15) is 9.00 Å². The Labute approximate surface area is 197 Å². The van der Waals surface area contributed by atoms with Crippen molar-refractivity contribution in [3.8, 4) is 10.4 Å². The Bertz CT molecular complexity index is 920. The smallest absolute Gasteiger partial charge is 0.404 e. The monoisotopic (exact) mass is 478 g/mol. The summed E-state index contributed by atoms with van der Waals surface area (Å²) in [5.74, 6) is 0.605. The zero-order chi connectivity index (χ0) is 23.1. The van der Waals surface area contributed by atoms with Gasteiger partial charge < -0.3 is 16.2 Å². The Morgan fingerprint density at radius 2 is 1.88 bits per heavy atom. The summed E-state index contributed by atoms with van der Waals surface area (Å²) in [4.78, 5) is 16.5. The molecule has 32 heavy (non-hydrogen) atoms. The van der Waals surface area contributed by atoms with Crippen LogP contribution in [-0.2, 0) is 15.7 Å². The van der Waals surface area contributed by atoms with E-state index in [1.54, 1.807) is 25.2 Å². The van der Waals surface area contributed by atoms with Crippen molar-refractivity contribution in [1.82, 2.24) is 9.29 Å². The Morgan fingerprint density at radius 3 is 2.47 bits per heavy atom. The van der Waals surface area contributed by atoms with E-state index in [2.05, 4.69) is 14.8 Å². The van der Waals surface area contributed by atoms with Crippen molar-refractivity contribution in [2.75, 3.05) is 18.8 Å². The molecule has 1 aliphatic carbocycles. The predicted molar refractivity (Wildman–Crippen MR) is 131 cm³/mol. The lowest BCUT2D eigenvalue weighted by atomic mass is 9.90. The molecule has 0 bridgehead atoms. The van der Waals surface area contributed by atoms with Crippen molar-refractivity contribution >= 4 is 34.1 Å². The summed E-state index contributed by atoms with van der Waals surface area (Å²) in [6, 6.07) is 5.79. The largest absolute Gasteiger partial charge is 0.447 e. The van der Waals surface area contributed by atoms with Crippen LogP contribution in [0, 0.1) is 0 Å². The van der Waals surface area contributed by atoms with E-state index in [1.165, 1.54) is 37.1 Å². The number of hydrogen-bond donors (Lipinski definition) is 2. The van der Waals surface area contributed by atoms with Gasteiger partial charge in [0.15, 0.2) is 0 Å². The SMILES string of the molecule is CC(C)OC(N)=O.Nc1ccc(-c2cnc(C3CCCCC3)s2)c(S(=O)N2CCCC2)c1. The summed E-state index contributed by atoms with van der Waals surface area (Å²) in [6.45, 7) is 5.28. The number of rotatable bonds is 5. The number of anilines is 1. The molecule has 9 heteroatoms. The van der Waals surface area contributed by atoms with Gasteiger partial charge in [0, 0.05) is 36.5 Å². The summed E-state index contributed by atoms with van der Waals surface area (Å²) < 4.78 is 19.5. The number of carbonyl (C=O) groups is 1. The Hall–Kier alpha value is -1.97. The third-order valence-electron chi connectivity index (χ3n) is 5.59. The van der Waals surface area contributed by atoms with Crippen LogP contribution in [0.2, 0.25) is 0 Å². The molecule has 1 saturated carbocycles. The van der Waals surface area contributed by atoms with Gasteiger partial charge in [0.1, 0.15) is 11.0 Å². The first-order chi connectivity index (χ1) is 15.3. The standard InChI is InChI=1S/C19H25N3OS2.C4H9NO2/c20-15-8-9-16(18(12-15)25(23)22-10-4-5-11-22)17-13-21-19(24-17)14-6-2-1-3-7-14;1-3(2)7-4(5)6/h8-9,12-14H,1-7,10-11,20H2;3H,1-2H3,(H2,5,6). The van der Waals surface area contributed by atoms with Crippen LogP contribution in [0.4, 0.5) is 10.5 Å². The summed E-state index contributed by atoms with van der Waals surface area (Å²) in [6.07, 6.45) is 9.87. The van der Waals surface area contributed by atoms with E-state index >= 15 is 0 Å². The normalized spacial score (nSPS) is 18.2. The van der Waals surface area contributed by atoms with Gasteiger partial charge in [0.05, 0.1) is 20.9 Å². The van der Waals surface area contributed by atoms with Crippen LogP contribution in [-0.4, -0.2) is 38.8 Å². The molecule has 2 aromatic rings. The van der Waals surface area contributed by atoms with Crippen LogP contribution in [0.1, 0.15) is 69.7 Å². The van der Waals surface area contributed by atoms with Crippen LogP contribution in [0.15, 0.2) is 29.3 Å². The van der Waals surface area contributed by atoms with Gasteiger partial charge in [-0.05, 0) is 51.7 Å². The number of thiazole rings is 1. The molecule has 0 spiro atoms. The topological polar surface area (TPSA) is 112 Å². The van der Waals surface area contributed by atoms with Crippen LogP contribution < -0.4 is 11.5 Å². The van der Waals surface area contributed by atoms with Crippen molar-refractivity contribution in [2.24, 2.45) is 5.73 Å². The molecule has 7 nitrogen and oxygen atoms in total. The van der Waals surface area contributed by atoms with Gasteiger partial charge in [-0.2, -0.15) is 0 Å². The zero-order valence-corrected chi connectivity index (χ0v) is 20.6. The van der Waals surface area contributed by atoms with E-state index in [1.807, 2.05) is 24.4 Å². The first kappa shape index (κ1) is 24.7. The molecule has 2 aliphatic rings. The molecule has 1 saturated heterocycles. The number of hydrogen-bond acceptors (Lipinski definition) is 6. The Balaban J connectivity index is 0.000000360. The summed E-state index contributed by atoms with van der Waals surface area (Å²) in [7, 11) is -1.14. The molecule has 4 N–H and O–H groups in total. The van der Waals surface area contributed by atoms with Gasteiger partial charge >= 0.3 is 6.09 Å². The van der Waals surface area contributed by atoms with Crippen LogP contribution in [0.5, 0.6) is 0 Å². The highest BCUT2D eigenvalue weighted by Gasteiger charge is 2.24. The van der Waals surface area contributed by atoms with Gasteiger partial charge in [-0.3, -0.25) is 0 Å². The fraction of sp³-hybridized carbons (Fsp3) is 0.565. The highest BCUT2D eigenvalue weighted by atomic mass is 32.2. The van der Waals surface area contributed by atoms with Gasteiger partial charge in [-0.1, -0.05) is 25.3 Å². The minimum atomic E-state index is -1.14. The molecule has 176 valence electrons. The van der Waals surface area contributed by atoms with E-state index < -0.39 is 17.1 Å². The molecule has 1 amide bonds. The van der Waals surface area contributed by atoms with Crippen molar-refractivity contribution in [3.63, 3.8) is 0 Å². The lowest BCUT2D eigenvalue weighted by Gasteiger charge is -2.19. The molecule has 2 fully saturated rings. The minimum Gasteiger partial charge on any atom is -0.447 e. The van der Waals surface area contributed by atoms with Gasteiger partial charge in [0.2, 0.25) is 0 Å². The van der Waals surface area contributed by atoms with Gasteiger partial charge in [-0.15, -0.1) is 11.3 Å². The molecular formula is C23H34N4O3S2. The fourth-order valence-corrected chi connectivity index (χ4v) is 6.72. The maximum atomic E-state index is 13.1. The van der Waals surface area contributed by atoms with Crippen LogP contribution in [0.3, 0.4) is 0 Å². The molecule has 1 aromatic heterocycles. The van der Waals surface area contributed by atoms with Crippen molar-refractivity contribution in [2.45, 2.75) is 75.7 Å². The molecule has 0 radical (unpaired) electrons. The number of nitrogen functional groups attached to an aromatic ring is 1. The zero-order valence-electron chi connectivity index (χ0n) is 18.9. The molecule has 1 aromatic carbocycles. The van der Waals surface area contributed by atoms with E-state index in [-0.39, 0.29) is 6.10 Å². The maximum absolute atomic E-state index is 13.1. The second kappa shape index (κ2) is 11.8. The number of nitrogens with zero attached hydrogens (tertiary/aromatic N) is 2. The fourth-order valence-electron chi connectivity index (χ4n) is 4.06. The van der Waals surface area contributed by atoms with E-state index in [4.69, 9.17) is 10.7 Å². The summed E-state index contributed by atoms with van der Waals surface area (Å²) in [5, 5.41) is 1.24. The Morgan fingerprint density at radius 1 is 1.19 bits per heavy atom. The average molecular weight is 479 g/mol. The van der Waals surface area contributed by atoms with Gasteiger partial charge in [-0.25, -0.2) is 18.3 Å². The minimum absolute atomic E-state index is 0.0995. The predicted octanol–water partition coefficient (Wildman–Crippen LogP) is 5.05. The summed E-state index contributed by atoms with van der Waals surface area (Å²) >= 11 is 1.77. The lowest BCUT2D eigenvalue weighted by Crippen LogP contribution is -2.22. The molecule has 1 aliphatic heterocycles. The van der Waals surface area contributed by atoms with Crippen molar-refractivity contribution < 1.29 is 13.7 Å². The van der Waals surface area contributed by atoms with Crippen molar-refractivity contribution in [1.29, 1.82) is 0 Å². The second-order valence-electron chi connectivity index (χ2n) is 8.52. The number of amides is 1. The average Bonchev–Trinajstić information content (AvgIpc) is 3.46. The number of ether oxygens (including phenoxy) is 1. The Kier molecular flexibility index (Phi) is 9.07. The maximum Gasteiger partial charge on any atom is 0.404 e. The second-order valence-corrected chi connectivity index (χ2v) is 11.0. The molecule has 1 unspecified atom stereocenters. The van der Waals surface area contributed by atoms with Crippen molar-refractivity contribution in [3.05, 3.63) is 29.4 Å². The van der Waals surface area contributed by atoms with Gasteiger partial charge in [0.25, 0.3) is 0 Å².